The first-order valence-corrected chi connectivity index (χ1v) is 8.48. The lowest BCUT2D eigenvalue weighted by molar-refractivity contribution is -0.116. The fourth-order valence-corrected chi connectivity index (χ4v) is 2.95. The fraction of sp³-hybridized carbons (Fsp3) is 0.389. The molecule has 7 nitrogen and oxygen atoms in total. The number of aromatic nitrogens is 2. The Balaban J connectivity index is 1.55. The SMILES string of the molecule is CC(Cn1cccn1)NC(=O)NC(C)c1ccc2c(c1)CCC(=O)N2. The number of anilines is 1. The van der Waals surface area contributed by atoms with E-state index in [0.29, 0.717) is 13.0 Å². The molecule has 2 aromatic rings. The summed E-state index contributed by atoms with van der Waals surface area (Å²) in [5.41, 5.74) is 2.99. The first kappa shape index (κ1) is 17.0. The van der Waals surface area contributed by atoms with Gasteiger partial charge in [0.1, 0.15) is 0 Å². The highest BCUT2D eigenvalue weighted by atomic mass is 16.2. The first-order chi connectivity index (χ1) is 12.0. The maximum Gasteiger partial charge on any atom is 0.315 e. The van der Waals surface area contributed by atoms with Gasteiger partial charge >= 0.3 is 6.03 Å². The van der Waals surface area contributed by atoms with Gasteiger partial charge in [0.25, 0.3) is 0 Å². The average Bonchev–Trinajstić information content (AvgIpc) is 3.06. The molecule has 0 bridgehead atoms. The predicted molar refractivity (Wildman–Crippen MR) is 95.2 cm³/mol. The van der Waals surface area contributed by atoms with Crippen molar-refractivity contribution >= 4 is 17.6 Å². The number of nitrogens with zero attached hydrogens (tertiary/aromatic N) is 2. The summed E-state index contributed by atoms with van der Waals surface area (Å²) in [6.45, 7) is 4.50. The van der Waals surface area contributed by atoms with Crippen LogP contribution in [0.5, 0.6) is 0 Å². The van der Waals surface area contributed by atoms with E-state index in [1.165, 1.54) is 0 Å². The summed E-state index contributed by atoms with van der Waals surface area (Å²) in [6, 6.07) is 7.37. The zero-order valence-corrected chi connectivity index (χ0v) is 14.5. The Kier molecular flexibility index (Phi) is 5.02. The average molecular weight is 341 g/mol. The van der Waals surface area contributed by atoms with Crippen molar-refractivity contribution in [3.8, 4) is 0 Å². The van der Waals surface area contributed by atoms with Gasteiger partial charge in [-0.3, -0.25) is 9.48 Å². The molecule has 3 N–H and O–H groups in total. The number of hydrogen-bond donors (Lipinski definition) is 3. The maximum atomic E-state index is 12.2. The highest BCUT2D eigenvalue weighted by Gasteiger charge is 2.17. The monoisotopic (exact) mass is 341 g/mol. The largest absolute Gasteiger partial charge is 0.334 e. The van der Waals surface area contributed by atoms with E-state index >= 15 is 0 Å². The normalized spacial score (nSPS) is 15.7. The number of hydrogen-bond acceptors (Lipinski definition) is 3. The van der Waals surface area contributed by atoms with Gasteiger partial charge in [-0.1, -0.05) is 12.1 Å². The summed E-state index contributed by atoms with van der Waals surface area (Å²) >= 11 is 0. The minimum absolute atomic E-state index is 0.0363. The van der Waals surface area contributed by atoms with Gasteiger partial charge < -0.3 is 16.0 Å². The van der Waals surface area contributed by atoms with Crippen LogP contribution in [0.1, 0.15) is 37.4 Å². The van der Waals surface area contributed by atoms with E-state index in [2.05, 4.69) is 21.0 Å². The van der Waals surface area contributed by atoms with E-state index in [4.69, 9.17) is 0 Å². The molecule has 2 heterocycles. The third-order valence-corrected chi connectivity index (χ3v) is 4.27. The molecule has 0 saturated heterocycles. The Hall–Kier alpha value is -2.83. The van der Waals surface area contributed by atoms with Gasteiger partial charge in [-0.15, -0.1) is 0 Å². The van der Waals surface area contributed by atoms with E-state index in [1.54, 1.807) is 10.9 Å². The van der Waals surface area contributed by atoms with Crippen molar-refractivity contribution in [2.75, 3.05) is 5.32 Å². The van der Waals surface area contributed by atoms with Crippen molar-refractivity contribution in [3.05, 3.63) is 47.8 Å². The molecule has 2 unspecified atom stereocenters. The summed E-state index contributed by atoms with van der Waals surface area (Å²) in [6.07, 6.45) is 4.82. The van der Waals surface area contributed by atoms with E-state index in [1.807, 2.05) is 44.3 Å². The van der Waals surface area contributed by atoms with Crippen LogP contribution >= 0.6 is 0 Å². The van der Waals surface area contributed by atoms with Crippen molar-refractivity contribution in [1.82, 2.24) is 20.4 Å². The second-order valence-corrected chi connectivity index (χ2v) is 6.43. The minimum atomic E-state index is -0.210. The predicted octanol–water partition coefficient (Wildman–Crippen LogP) is 2.22. The van der Waals surface area contributed by atoms with Crippen LogP contribution in [-0.4, -0.2) is 27.8 Å². The van der Waals surface area contributed by atoms with Gasteiger partial charge in [0, 0.05) is 30.5 Å². The Morgan fingerprint density at radius 1 is 1.32 bits per heavy atom. The molecule has 0 radical (unpaired) electrons. The van der Waals surface area contributed by atoms with Crippen LogP contribution in [0.25, 0.3) is 0 Å². The summed E-state index contributed by atoms with van der Waals surface area (Å²) in [7, 11) is 0. The Bertz CT molecular complexity index is 757. The zero-order chi connectivity index (χ0) is 17.8. The van der Waals surface area contributed by atoms with Gasteiger partial charge in [-0.05, 0) is 43.5 Å². The lowest BCUT2D eigenvalue weighted by Crippen LogP contribution is -2.43. The second-order valence-electron chi connectivity index (χ2n) is 6.43. The van der Waals surface area contributed by atoms with Crippen LogP contribution < -0.4 is 16.0 Å². The number of benzene rings is 1. The Labute approximate surface area is 146 Å². The number of urea groups is 1. The van der Waals surface area contributed by atoms with E-state index in [-0.39, 0.29) is 24.0 Å². The summed E-state index contributed by atoms with van der Waals surface area (Å²) in [4.78, 5) is 23.6. The van der Waals surface area contributed by atoms with Gasteiger partial charge in [0.15, 0.2) is 0 Å². The molecule has 132 valence electrons. The number of fused-ring (bicyclic) bond motifs is 1. The van der Waals surface area contributed by atoms with E-state index in [9.17, 15) is 9.59 Å². The quantitative estimate of drug-likeness (QED) is 0.779. The summed E-state index contributed by atoms with van der Waals surface area (Å²) in [5, 5.41) is 12.9. The molecule has 1 aliphatic rings. The highest BCUT2D eigenvalue weighted by Crippen LogP contribution is 2.26. The van der Waals surface area contributed by atoms with Crippen molar-refractivity contribution in [3.63, 3.8) is 0 Å². The van der Waals surface area contributed by atoms with Crippen LogP contribution in [-0.2, 0) is 17.8 Å². The lowest BCUT2D eigenvalue weighted by Gasteiger charge is -2.21. The van der Waals surface area contributed by atoms with Gasteiger partial charge in [-0.25, -0.2) is 4.79 Å². The topological polar surface area (TPSA) is 88.1 Å². The van der Waals surface area contributed by atoms with E-state index < -0.39 is 0 Å². The number of aryl methyl sites for hydroxylation is 1. The Morgan fingerprint density at radius 3 is 2.92 bits per heavy atom. The molecule has 25 heavy (non-hydrogen) atoms. The molecular weight excluding hydrogens is 318 g/mol. The highest BCUT2D eigenvalue weighted by molar-refractivity contribution is 5.93. The Morgan fingerprint density at radius 2 is 2.16 bits per heavy atom. The molecule has 1 aliphatic heterocycles. The molecule has 2 atom stereocenters. The molecule has 0 saturated carbocycles. The van der Waals surface area contributed by atoms with Gasteiger partial charge in [-0.2, -0.15) is 5.10 Å². The number of rotatable bonds is 5. The van der Waals surface area contributed by atoms with E-state index in [0.717, 1.165) is 23.2 Å². The van der Waals surface area contributed by atoms with Crippen molar-refractivity contribution < 1.29 is 9.59 Å². The van der Waals surface area contributed by atoms with Crippen LogP contribution in [0.3, 0.4) is 0 Å². The van der Waals surface area contributed by atoms with Crippen molar-refractivity contribution in [2.24, 2.45) is 0 Å². The third-order valence-electron chi connectivity index (χ3n) is 4.27. The summed E-state index contributed by atoms with van der Waals surface area (Å²) in [5.74, 6) is 0.0528. The molecule has 0 spiro atoms. The zero-order valence-electron chi connectivity index (χ0n) is 14.5. The number of amides is 3. The fourth-order valence-electron chi connectivity index (χ4n) is 2.95. The van der Waals surface area contributed by atoms with Crippen LogP contribution in [0, 0.1) is 0 Å². The van der Waals surface area contributed by atoms with Crippen LogP contribution in [0.15, 0.2) is 36.7 Å². The smallest absolute Gasteiger partial charge is 0.315 e. The third kappa shape index (κ3) is 4.37. The number of carbonyl (C=O) groups is 2. The molecule has 7 heteroatoms. The molecule has 0 fully saturated rings. The molecular formula is C18H23N5O2. The molecule has 3 amide bonds. The van der Waals surface area contributed by atoms with Crippen molar-refractivity contribution in [1.29, 1.82) is 0 Å². The minimum Gasteiger partial charge on any atom is -0.334 e. The maximum absolute atomic E-state index is 12.2. The molecule has 1 aromatic carbocycles. The first-order valence-electron chi connectivity index (χ1n) is 8.48. The van der Waals surface area contributed by atoms with Crippen molar-refractivity contribution in [2.45, 2.75) is 45.3 Å². The molecule has 0 aliphatic carbocycles. The van der Waals surface area contributed by atoms with Gasteiger partial charge in [0.2, 0.25) is 5.91 Å². The second kappa shape index (κ2) is 7.38. The molecule has 1 aromatic heterocycles. The standard InChI is InChI=1S/C18H23N5O2/c1-12(11-23-9-3-8-19-23)20-18(25)21-13(2)14-4-6-16-15(10-14)5-7-17(24)22-16/h3-4,6,8-10,12-13H,5,7,11H2,1-2H3,(H,22,24)(H2,20,21,25). The van der Waals surface area contributed by atoms with Crippen LogP contribution in [0.2, 0.25) is 0 Å². The lowest BCUT2D eigenvalue weighted by atomic mass is 9.98. The summed E-state index contributed by atoms with van der Waals surface area (Å²) < 4.78 is 1.78. The number of nitrogens with one attached hydrogen (secondary N) is 3. The molecule has 3 rings (SSSR count). The number of carbonyl (C=O) groups excluding carboxylic acids is 2. The van der Waals surface area contributed by atoms with Gasteiger partial charge in [0.05, 0.1) is 12.6 Å². The van der Waals surface area contributed by atoms with Crippen LogP contribution in [0.4, 0.5) is 10.5 Å².